The van der Waals surface area contributed by atoms with Crippen LogP contribution >= 0.6 is 0 Å². The monoisotopic (exact) mass is 258 g/mol. The highest BCUT2D eigenvalue weighted by Gasteiger charge is 2.12. The standard InChI is InChI=1S/C11H18N2O3S/c1-8-6-9(2)11(7-10(8)12)13-17(14,15)5-4-16-3/h6-7,13H,4-5,12H2,1-3H3. The molecule has 1 aromatic carbocycles. The normalized spacial score (nSPS) is 11.5. The molecule has 0 atom stereocenters. The molecule has 96 valence electrons. The van der Waals surface area contributed by atoms with Gasteiger partial charge in [0.05, 0.1) is 18.0 Å². The van der Waals surface area contributed by atoms with Gasteiger partial charge in [-0.15, -0.1) is 0 Å². The van der Waals surface area contributed by atoms with Gasteiger partial charge in [-0.1, -0.05) is 6.07 Å². The molecule has 0 fully saturated rings. The predicted octanol–water partition coefficient (Wildman–Crippen LogP) is 1.27. The Morgan fingerprint density at radius 3 is 2.53 bits per heavy atom. The van der Waals surface area contributed by atoms with Gasteiger partial charge in [0.25, 0.3) is 0 Å². The highest BCUT2D eigenvalue weighted by atomic mass is 32.2. The third-order valence-corrected chi connectivity index (χ3v) is 3.67. The van der Waals surface area contributed by atoms with Gasteiger partial charge in [0.2, 0.25) is 10.0 Å². The number of nitrogen functional groups attached to an aromatic ring is 1. The van der Waals surface area contributed by atoms with Crippen LogP contribution < -0.4 is 10.5 Å². The Morgan fingerprint density at radius 2 is 1.94 bits per heavy atom. The average Bonchev–Trinajstić information content (AvgIpc) is 2.23. The minimum Gasteiger partial charge on any atom is -0.398 e. The Labute approximate surface area is 102 Å². The van der Waals surface area contributed by atoms with Crippen LogP contribution in [0.2, 0.25) is 0 Å². The fourth-order valence-corrected chi connectivity index (χ4v) is 2.43. The molecule has 0 aliphatic rings. The van der Waals surface area contributed by atoms with Gasteiger partial charge in [-0.3, -0.25) is 4.72 Å². The fourth-order valence-electron chi connectivity index (χ4n) is 1.39. The zero-order valence-electron chi connectivity index (χ0n) is 10.3. The van der Waals surface area contributed by atoms with E-state index in [1.807, 2.05) is 19.9 Å². The fraction of sp³-hybridized carbons (Fsp3) is 0.455. The molecule has 0 aromatic heterocycles. The SMILES string of the molecule is COCCS(=O)(=O)Nc1cc(N)c(C)cc1C. The summed E-state index contributed by atoms with van der Waals surface area (Å²) in [4.78, 5) is 0. The maximum Gasteiger partial charge on any atom is 0.235 e. The summed E-state index contributed by atoms with van der Waals surface area (Å²) < 4.78 is 30.6. The van der Waals surface area contributed by atoms with Crippen LogP contribution in [0.25, 0.3) is 0 Å². The Kier molecular flexibility index (Phi) is 4.36. The third-order valence-electron chi connectivity index (χ3n) is 2.43. The number of anilines is 2. The Bertz CT molecular complexity index is 498. The maximum absolute atomic E-state index is 11.7. The Hall–Kier alpha value is -1.27. The molecule has 0 bridgehead atoms. The van der Waals surface area contributed by atoms with Gasteiger partial charge in [-0.05, 0) is 31.0 Å². The molecule has 0 amide bonds. The summed E-state index contributed by atoms with van der Waals surface area (Å²) >= 11 is 0. The molecule has 0 aliphatic heterocycles. The molecule has 0 unspecified atom stereocenters. The van der Waals surface area contributed by atoms with Crippen LogP contribution in [0, 0.1) is 13.8 Å². The number of sulfonamides is 1. The van der Waals surface area contributed by atoms with Gasteiger partial charge in [-0.25, -0.2) is 8.42 Å². The van der Waals surface area contributed by atoms with Crippen LogP contribution in [0.5, 0.6) is 0 Å². The number of ether oxygens (including phenoxy) is 1. The van der Waals surface area contributed by atoms with E-state index < -0.39 is 10.0 Å². The molecular weight excluding hydrogens is 240 g/mol. The van der Waals surface area contributed by atoms with Crippen molar-refractivity contribution in [2.75, 3.05) is 29.9 Å². The first-order valence-electron chi connectivity index (χ1n) is 5.22. The van der Waals surface area contributed by atoms with Crippen LogP contribution in [0.1, 0.15) is 11.1 Å². The minimum absolute atomic E-state index is 0.0727. The van der Waals surface area contributed by atoms with Crippen LogP contribution in [-0.2, 0) is 14.8 Å². The van der Waals surface area contributed by atoms with Gasteiger partial charge in [-0.2, -0.15) is 0 Å². The number of hydrogen-bond donors (Lipinski definition) is 2. The molecular formula is C11H18N2O3S. The summed E-state index contributed by atoms with van der Waals surface area (Å²) in [6.45, 7) is 3.88. The topological polar surface area (TPSA) is 81.4 Å². The highest BCUT2D eigenvalue weighted by Crippen LogP contribution is 2.23. The number of benzene rings is 1. The largest absolute Gasteiger partial charge is 0.398 e. The van der Waals surface area contributed by atoms with Gasteiger partial charge < -0.3 is 10.5 Å². The van der Waals surface area contributed by atoms with Crippen molar-refractivity contribution in [1.29, 1.82) is 0 Å². The van der Waals surface area contributed by atoms with Gasteiger partial charge in [0.1, 0.15) is 0 Å². The molecule has 0 saturated carbocycles. The lowest BCUT2D eigenvalue weighted by Gasteiger charge is -2.12. The van der Waals surface area contributed by atoms with E-state index in [9.17, 15) is 8.42 Å². The second kappa shape index (κ2) is 5.37. The first-order valence-corrected chi connectivity index (χ1v) is 6.87. The predicted molar refractivity (Wildman–Crippen MR) is 69.6 cm³/mol. The maximum atomic E-state index is 11.7. The van der Waals surface area contributed by atoms with E-state index in [0.29, 0.717) is 11.4 Å². The molecule has 17 heavy (non-hydrogen) atoms. The first-order chi connectivity index (χ1) is 7.85. The Morgan fingerprint density at radius 1 is 1.29 bits per heavy atom. The van der Waals surface area contributed by atoms with Crippen LogP contribution in [0.3, 0.4) is 0 Å². The lowest BCUT2D eigenvalue weighted by Crippen LogP contribution is -2.20. The summed E-state index contributed by atoms with van der Waals surface area (Å²) in [7, 11) is -1.92. The molecule has 0 heterocycles. The van der Waals surface area contributed by atoms with E-state index in [2.05, 4.69) is 4.72 Å². The van der Waals surface area contributed by atoms with E-state index in [4.69, 9.17) is 10.5 Å². The quantitative estimate of drug-likeness (QED) is 0.779. The minimum atomic E-state index is -3.38. The third kappa shape index (κ3) is 3.90. The van der Waals surface area contributed by atoms with Crippen molar-refractivity contribution < 1.29 is 13.2 Å². The lowest BCUT2D eigenvalue weighted by atomic mass is 10.1. The van der Waals surface area contributed by atoms with E-state index >= 15 is 0 Å². The molecule has 1 aromatic rings. The first kappa shape index (κ1) is 13.8. The molecule has 5 nitrogen and oxygen atoms in total. The second-order valence-electron chi connectivity index (χ2n) is 3.94. The lowest BCUT2D eigenvalue weighted by molar-refractivity contribution is 0.217. The zero-order valence-corrected chi connectivity index (χ0v) is 11.1. The number of methoxy groups -OCH3 is 1. The summed E-state index contributed by atoms with van der Waals surface area (Å²) in [5.41, 5.74) is 8.61. The molecule has 1 rings (SSSR count). The molecule has 0 aliphatic carbocycles. The van der Waals surface area contributed by atoms with Gasteiger partial charge >= 0.3 is 0 Å². The summed E-state index contributed by atoms with van der Waals surface area (Å²) in [5, 5.41) is 0. The van der Waals surface area contributed by atoms with Gasteiger partial charge in [0.15, 0.2) is 0 Å². The van der Waals surface area contributed by atoms with Crippen molar-refractivity contribution in [2.45, 2.75) is 13.8 Å². The van der Waals surface area contributed by atoms with Gasteiger partial charge in [0, 0.05) is 12.8 Å². The summed E-state index contributed by atoms with van der Waals surface area (Å²) in [5.74, 6) is -0.0727. The number of nitrogens with one attached hydrogen (secondary N) is 1. The van der Waals surface area contributed by atoms with Crippen molar-refractivity contribution in [1.82, 2.24) is 0 Å². The summed E-state index contributed by atoms with van der Waals surface area (Å²) in [6, 6.07) is 3.48. The average molecular weight is 258 g/mol. The van der Waals surface area contributed by atoms with E-state index in [-0.39, 0.29) is 12.4 Å². The smallest absolute Gasteiger partial charge is 0.235 e. The molecule has 6 heteroatoms. The van der Waals surface area contributed by atoms with Crippen molar-refractivity contribution >= 4 is 21.4 Å². The zero-order chi connectivity index (χ0) is 13.1. The number of rotatable bonds is 5. The van der Waals surface area contributed by atoms with Crippen molar-refractivity contribution in [3.63, 3.8) is 0 Å². The number of nitrogens with two attached hydrogens (primary N) is 1. The van der Waals surface area contributed by atoms with Crippen LogP contribution in [0.15, 0.2) is 12.1 Å². The van der Waals surface area contributed by atoms with E-state index in [1.165, 1.54) is 7.11 Å². The van der Waals surface area contributed by atoms with E-state index in [0.717, 1.165) is 11.1 Å². The molecule has 0 spiro atoms. The molecule has 0 radical (unpaired) electrons. The summed E-state index contributed by atoms with van der Waals surface area (Å²) in [6.07, 6.45) is 0. The highest BCUT2D eigenvalue weighted by molar-refractivity contribution is 7.92. The van der Waals surface area contributed by atoms with Crippen molar-refractivity contribution in [2.24, 2.45) is 0 Å². The molecule has 3 N–H and O–H groups in total. The number of hydrogen-bond acceptors (Lipinski definition) is 4. The second-order valence-corrected chi connectivity index (χ2v) is 5.78. The van der Waals surface area contributed by atoms with E-state index in [1.54, 1.807) is 6.07 Å². The van der Waals surface area contributed by atoms with Crippen molar-refractivity contribution in [3.05, 3.63) is 23.3 Å². The Balaban J connectivity index is 2.92. The number of aryl methyl sites for hydroxylation is 2. The van der Waals surface area contributed by atoms with Crippen molar-refractivity contribution in [3.8, 4) is 0 Å². The van der Waals surface area contributed by atoms with Crippen LogP contribution in [-0.4, -0.2) is 27.9 Å². The molecule has 0 saturated heterocycles. The van der Waals surface area contributed by atoms with Crippen LogP contribution in [0.4, 0.5) is 11.4 Å².